The van der Waals surface area contributed by atoms with Crippen LogP contribution in [0.3, 0.4) is 0 Å². The van der Waals surface area contributed by atoms with Crippen molar-refractivity contribution in [3.05, 3.63) is 16.1 Å². The van der Waals surface area contributed by atoms with E-state index in [1.165, 1.54) is 0 Å². The zero-order valence-electron chi connectivity index (χ0n) is 9.45. The summed E-state index contributed by atoms with van der Waals surface area (Å²) >= 11 is 1.68. The van der Waals surface area contributed by atoms with Gasteiger partial charge in [-0.2, -0.15) is 0 Å². The number of nitrogens with zero attached hydrogens (tertiary/aromatic N) is 1. The van der Waals surface area contributed by atoms with Gasteiger partial charge in [-0.25, -0.2) is 4.98 Å². The molecule has 0 spiro atoms. The Hall–Kier alpha value is -0.260. The van der Waals surface area contributed by atoms with Gasteiger partial charge in [0.25, 0.3) is 0 Å². The zero-order chi connectivity index (χ0) is 11.3. The van der Waals surface area contributed by atoms with E-state index in [2.05, 4.69) is 22.6 Å². The fraction of sp³-hybridized carbons (Fsp3) is 0.700. The molecule has 1 rings (SSSR count). The van der Waals surface area contributed by atoms with Gasteiger partial charge in [0.15, 0.2) is 0 Å². The molecular weight excluding hydrogens is 228 g/mol. The molecule has 1 heterocycles. The normalized spacial score (nSPS) is 15.1. The largest absolute Gasteiger partial charge is 0.309 e. The van der Waals surface area contributed by atoms with Gasteiger partial charge in [-0.3, -0.25) is 4.21 Å². The van der Waals surface area contributed by atoms with Gasteiger partial charge in [0.2, 0.25) is 0 Å². The van der Waals surface area contributed by atoms with Gasteiger partial charge in [0.1, 0.15) is 0 Å². The van der Waals surface area contributed by atoms with Gasteiger partial charge in [-0.1, -0.05) is 0 Å². The third-order valence-corrected chi connectivity index (χ3v) is 3.79. The molecule has 0 saturated heterocycles. The maximum absolute atomic E-state index is 10.8. The number of aryl methyl sites for hydroxylation is 1. The Morgan fingerprint density at radius 2 is 2.40 bits per heavy atom. The van der Waals surface area contributed by atoms with Crippen LogP contribution in [0.25, 0.3) is 0 Å². The monoisotopic (exact) mass is 246 g/mol. The molecule has 15 heavy (non-hydrogen) atoms. The van der Waals surface area contributed by atoms with Crippen LogP contribution in [0.1, 0.15) is 30.1 Å². The van der Waals surface area contributed by atoms with E-state index in [-0.39, 0.29) is 0 Å². The second kappa shape index (κ2) is 6.35. The molecule has 0 fully saturated rings. The van der Waals surface area contributed by atoms with E-state index in [1.807, 2.05) is 6.92 Å². The summed E-state index contributed by atoms with van der Waals surface area (Å²) in [5.74, 6) is 0.774. The van der Waals surface area contributed by atoms with Crippen molar-refractivity contribution in [3.8, 4) is 0 Å². The number of thiazole rings is 1. The lowest BCUT2D eigenvalue weighted by Gasteiger charge is -2.10. The lowest BCUT2D eigenvalue weighted by molar-refractivity contribution is 0.560. The van der Waals surface area contributed by atoms with E-state index in [0.29, 0.717) is 6.04 Å². The number of hydrogen-bond donors (Lipinski definition) is 1. The number of nitrogens with one attached hydrogen (secondary N) is 1. The first-order chi connectivity index (χ1) is 7.09. The minimum Gasteiger partial charge on any atom is -0.309 e. The smallest absolute Gasteiger partial charge is 0.0898 e. The predicted molar refractivity (Wildman–Crippen MR) is 66.8 cm³/mol. The topological polar surface area (TPSA) is 42.0 Å². The Kier molecular flexibility index (Phi) is 5.42. The van der Waals surface area contributed by atoms with Crippen LogP contribution in [0.4, 0.5) is 0 Å². The average Bonchev–Trinajstić information content (AvgIpc) is 2.59. The zero-order valence-corrected chi connectivity index (χ0v) is 11.1. The van der Waals surface area contributed by atoms with Gasteiger partial charge in [-0.15, -0.1) is 11.3 Å². The Bertz CT molecular complexity index is 325. The lowest BCUT2D eigenvalue weighted by atomic mass is 10.2. The average molecular weight is 246 g/mol. The molecule has 1 aromatic rings. The number of hydrogen-bond acceptors (Lipinski definition) is 4. The quantitative estimate of drug-likeness (QED) is 0.779. The predicted octanol–water partition coefficient (Wildman–Crippen LogP) is 1.87. The minimum atomic E-state index is -0.674. The van der Waals surface area contributed by atoms with Crippen LogP contribution >= 0.6 is 11.3 Å². The van der Waals surface area contributed by atoms with E-state index in [0.717, 1.165) is 29.4 Å². The summed E-state index contributed by atoms with van der Waals surface area (Å²) in [5.41, 5.74) is 1.11. The molecule has 0 aliphatic carbocycles. The molecule has 2 unspecified atom stereocenters. The van der Waals surface area contributed by atoms with Crippen LogP contribution < -0.4 is 5.32 Å². The summed E-state index contributed by atoms with van der Waals surface area (Å²) < 4.78 is 10.8. The third kappa shape index (κ3) is 4.86. The molecule has 5 heteroatoms. The molecule has 0 bridgehead atoms. The second-order valence-corrected chi connectivity index (χ2v) is 6.21. The Morgan fingerprint density at radius 3 is 2.93 bits per heavy atom. The van der Waals surface area contributed by atoms with E-state index in [1.54, 1.807) is 17.6 Å². The summed E-state index contributed by atoms with van der Waals surface area (Å²) in [4.78, 5) is 4.42. The molecule has 3 nitrogen and oxygen atoms in total. The maximum atomic E-state index is 10.8. The van der Waals surface area contributed by atoms with Crippen molar-refractivity contribution < 1.29 is 4.21 Å². The third-order valence-electron chi connectivity index (χ3n) is 2.14. The van der Waals surface area contributed by atoms with Gasteiger partial charge in [-0.05, 0) is 26.8 Å². The first-order valence-corrected chi connectivity index (χ1v) is 7.65. The summed E-state index contributed by atoms with van der Waals surface area (Å²) in [6, 6.07) is 0.292. The molecule has 1 N–H and O–H groups in total. The van der Waals surface area contributed by atoms with Crippen molar-refractivity contribution in [1.29, 1.82) is 0 Å². The Morgan fingerprint density at radius 1 is 1.67 bits per heavy atom. The molecule has 0 aliphatic heterocycles. The summed E-state index contributed by atoms with van der Waals surface area (Å²) in [5, 5.41) is 6.57. The van der Waals surface area contributed by atoms with E-state index in [9.17, 15) is 4.21 Å². The van der Waals surface area contributed by atoms with E-state index >= 15 is 0 Å². The van der Waals surface area contributed by atoms with Crippen LogP contribution in [-0.2, 0) is 10.8 Å². The SMILES string of the molecule is Cc1nc(C(C)NCCCS(C)=O)cs1. The number of rotatable bonds is 6. The first-order valence-electron chi connectivity index (χ1n) is 5.05. The van der Waals surface area contributed by atoms with Crippen molar-refractivity contribution >= 4 is 22.1 Å². The molecule has 0 amide bonds. The van der Waals surface area contributed by atoms with Crippen molar-refractivity contribution in [2.24, 2.45) is 0 Å². The molecule has 0 aliphatic rings. The summed E-state index contributed by atoms with van der Waals surface area (Å²) in [6.07, 6.45) is 2.70. The lowest BCUT2D eigenvalue weighted by Crippen LogP contribution is -2.21. The van der Waals surface area contributed by atoms with Gasteiger partial charge >= 0.3 is 0 Å². The second-order valence-electron chi connectivity index (χ2n) is 3.60. The summed E-state index contributed by atoms with van der Waals surface area (Å²) in [6.45, 7) is 5.02. The molecular formula is C10H18N2OS2. The highest BCUT2D eigenvalue weighted by Gasteiger charge is 2.07. The van der Waals surface area contributed by atoms with Crippen LogP contribution in [0, 0.1) is 6.92 Å². The molecule has 0 aromatic carbocycles. The van der Waals surface area contributed by atoms with Gasteiger partial charge in [0, 0.05) is 34.2 Å². The maximum Gasteiger partial charge on any atom is 0.0898 e. The Labute approximate surface area is 97.8 Å². The van der Waals surface area contributed by atoms with Crippen LogP contribution in [0.5, 0.6) is 0 Å². The molecule has 1 aromatic heterocycles. The fourth-order valence-corrected chi connectivity index (χ4v) is 2.53. The van der Waals surface area contributed by atoms with Gasteiger partial charge < -0.3 is 5.32 Å². The molecule has 86 valence electrons. The molecule has 0 radical (unpaired) electrons. The highest BCUT2D eigenvalue weighted by Crippen LogP contribution is 2.15. The van der Waals surface area contributed by atoms with E-state index < -0.39 is 10.8 Å². The Balaban J connectivity index is 2.24. The minimum absolute atomic E-state index is 0.292. The van der Waals surface area contributed by atoms with E-state index in [4.69, 9.17) is 0 Å². The van der Waals surface area contributed by atoms with Crippen LogP contribution in [-0.4, -0.2) is 27.7 Å². The van der Waals surface area contributed by atoms with Crippen molar-refractivity contribution in [3.63, 3.8) is 0 Å². The molecule has 0 saturated carbocycles. The van der Waals surface area contributed by atoms with Crippen LogP contribution in [0.15, 0.2) is 5.38 Å². The van der Waals surface area contributed by atoms with Gasteiger partial charge in [0.05, 0.1) is 10.7 Å². The van der Waals surface area contributed by atoms with Crippen molar-refractivity contribution in [2.45, 2.75) is 26.3 Å². The summed E-state index contributed by atoms with van der Waals surface area (Å²) in [7, 11) is -0.674. The molecule has 2 atom stereocenters. The highest BCUT2D eigenvalue weighted by molar-refractivity contribution is 7.84. The first kappa shape index (κ1) is 12.8. The highest BCUT2D eigenvalue weighted by atomic mass is 32.2. The van der Waals surface area contributed by atoms with Crippen molar-refractivity contribution in [2.75, 3.05) is 18.6 Å². The standard InChI is InChI=1S/C10H18N2OS2/c1-8(10-7-14-9(2)12-10)11-5-4-6-15(3)13/h7-8,11H,4-6H2,1-3H3. The van der Waals surface area contributed by atoms with Crippen molar-refractivity contribution in [1.82, 2.24) is 10.3 Å². The fourth-order valence-electron chi connectivity index (χ4n) is 1.28. The van der Waals surface area contributed by atoms with Crippen LogP contribution in [0.2, 0.25) is 0 Å². The number of aromatic nitrogens is 1.